The van der Waals surface area contributed by atoms with Crippen molar-refractivity contribution in [3.63, 3.8) is 0 Å². The number of aromatic nitrogens is 1. The highest BCUT2D eigenvalue weighted by atomic mass is 32.1. The van der Waals surface area contributed by atoms with Crippen LogP contribution in [-0.2, 0) is 4.74 Å². The zero-order valence-corrected chi connectivity index (χ0v) is 12.3. The van der Waals surface area contributed by atoms with E-state index in [9.17, 15) is 4.79 Å². The SMILES string of the molecule is CCCOCCCNC(=O)c1sc2cccnc2c1N. The summed E-state index contributed by atoms with van der Waals surface area (Å²) in [7, 11) is 0. The molecule has 0 atom stereocenters. The molecule has 108 valence electrons. The highest BCUT2D eigenvalue weighted by Gasteiger charge is 2.16. The van der Waals surface area contributed by atoms with Gasteiger partial charge >= 0.3 is 0 Å². The van der Waals surface area contributed by atoms with Gasteiger partial charge in [-0.15, -0.1) is 11.3 Å². The molecule has 0 spiro atoms. The van der Waals surface area contributed by atoms with Crippen molar-refractivity contribution in [2.45, 2.75) is 19.8 Å². The van der Waals surface area contributed by atoms with E-state index in [4.69, 9.17) is 10.5 Å². The summed E-state index contributed by atoms with van der Waals surface area (Å²) >= 11 is 1.37. The lowest BCUT2D eigenvalue weighted by Gasteiger charge is -2.05. The van der Waals surface area contributed by atoms with Crippen molar-refractivity contribution in [3.8, 4) is 0 Å². The van der Waals surface area contributed by atoms with Gasteiger partial charge in [0.25, 0.3) is 5.91 Å². The van der Waals surface area contributed by atoms with E-state index in [1.54, 1.807) is 6.20 Å². The maximum absolute atomic E-state index is 12.1. The molecule has 0 aromatic carbocycles. The second-order valence-electron chi connectivity index (χ2n) is 4.42. The number of carbonyl (C=O) groups is 1. The van der Waals surface area contributed by atoms with Gasteiger partial charge in [-0.05, 0) is 25.0 Å². The molecule has 3 N–H and O–H groups in total. The van der Waals surface area contributed by atoms with Gasteiger partial charge in [-0.2, -0.15) is 0 Å². The predicted molar refractivity (Wildman–Crippen MR) is 82.1 cm³/mol. The van der Waals surface area contributed by atoms with Crippen LogP contribution < -0.4 is 11.1 Å². The van der Waals surface area contributed by atoms with Crippen molar-refractivity contribution in [1.29, 1.82) is 0 Å². The third kappa shape index (κ3) is 3.46. The van der Waals surface area contributed by atoms with E-state index in [2.05, 4.69) is 17.2 Å². The number of rotatable bonds is 7. The van der Waals surface area contributed by atoms with Crippen molar-refractivity contribution in [2.75, 3.05) is 25.5 Å². The fraction of sp³-hybridized carbons (Fsp3) is 0.429. The average molecular weight is 293 g/mol. The molecule has 2 rings (SSSR count). The first-order valence-corrected chi connectivity index (χ1v) is 7.54. The van der Waals surface area contributed by atoms with Crippen LogP contribution in [0.15, 0.2) is 18.3 Å². The van der Waals surface area contributed by atoms with Gasteiger partial charge in [-0.25, -0.2) is 0 Å². The molecule has 0 radical (unpaired) electrons. The van der Waals surface area contributed by atoms with Crippen LogP contribution in [0.25, 0.3) is 10.2 Å². The molecule has 0 aliphatic carbocycles. The molecule has 5 nitrogen and oxygen atoms in total. The number of hydrogen-bond donors (Lipinski definition) is 2. The van der Waals surface area contributed by atoms with Crippen LogP contribution in [-0.4, -0.2) is 30.6 Å². The number of amides is 1. The predicted octanol–water partition coefficient (Wildman–Crippen LogP) is 2.42. The van der Waals surface area contributed by atoms with Crippen LogP contribution in [0.2, 0.25) is 0 Å². The minimum atomic E-state index is -0.138. The number of pyridine rings is 1. The van der Waals surface area contributed by atoms with E-state index < -0.39 is 0 Å². The number of ether oxygens (including phenoxy) is 1. The monoisotopic (exact) mass is 293 g/mol. The minimum absolute atomic E-state index is 0.138. The Kier molecular flexibility index (Phi) is 5.31. The summed E-state index contributed by atoms with van der Waals surface area (Å²) in [5, 5.41) is 2.86. The Morgan fingerprint density at radius 3 is 3.10 bits per heavy atom. The second-order valence-corrected chi connectivity index (χ2v) is 5.47. The minimum Gasteiger partial charge on any atom is -0.396 e. The normalized spacial score (nSPS) is 10.8. The number of fused-ring (bicyclic) bond motifs is 1. The van der Waals surface area contributed by atoms with Gasteiger partial charge in [-0.1, -0.05) is 6.92 Å². The maximum Gasteiger partial charge on any atom is 0.263 e. The Bertz CT molecular complexity index is 583. The van der Waals surface area contributed by atoms with Crippen LogP contribution in [0, 0.1) is 0 Å². The van der Waals surface area contributed by atoms with Gasteiger partial charge in [0, 0.05) is 26.0 Å². The van der Waals surface area contributed by atoms with Crippen molar-refractivity contribution in [1.82, 2.24) is 10.3 Å². The van der Waals surface area contributed by atoms with E-state index in [0.717, 1.165) is 24.1 Å². The van der Waals surface area contributed by atoms with Crippen LogP contribution >= 0.6 is 11.3 Å². The third-order valence-corrected chi connectivity index (χ3v) is 3.95. The largest absolute Gasteiger partial charge is 0.396 e. The van der Waals surface area contributed by atoms with Crippen LogP contribution in [0.5, 0.6) is 0 Å². The molecule has 1 amide bonds. The van der Waals surface area contributed by atoms with E-state index >= 15 is 0 Å². The Labute approximate surface area is 122 Å². The van der Waals surface area contributed by atoms with Crippen molar-refractivity contribution in [3.05, 3.63) is 23.2 Å². The molecule has 0 aliphatic heterocycles. The Hall–Kier alpha value is -1.66. The number of nitrogens with one attached hydrogen (secondary N) is 1. The lowest BCUT2D eigenvalue weighted by molar-refractivity contribution is 0.0946. The lowest BCUT2D eigenvalue weighted by atomic mass is 10.3. The highest BCUT2D eigenvalue weighted by molar-refractivity contribution is 7.21. The molecule has 6 heteroatoms. The van der Waals surface area contributed by atoms with E-state index in [0.29, 0.717) is 29.2 Å². The zero-order valence-electron chi connectivity index (χ0n) is 11.5. The topological polar surface area (TPSA) is 77.2 Å². The Morgan fingerprint density at radius 1 is 1.50 bits per heavy atom. The number of nitrogen functional groups attached to an aromatic ring is 1. The molecule has 0 saturated carbocycles. The van der Waals surface area contributed by atoms with Gasteiger partial charge in [0.2, 0.25) is 0 Å². The van der Waals surface area contributed by atoms with Crippen LogP contribution in [0.4, 0.5) is 5.69 Å². The van der Waals surface area contributed by atoms with E-state index in [1.807, 2.05) is 12.1 Å². The van der Waals surface area contributed by atoms with Crippen molar-refractivity contribution < 1.29 is 9.53 Å². The van der Waals surface area contributed by atoms with Gasteiger partial charge in [0.15, 0.2) is 0 Å². The number of anilines is 1. The first-order chi connectivity index (χ1) is 9.74. The highest BCUT2D eigenvalue weighted by Crippen LogP contribution is 2.31. The smallest absolute Gasteiger partial charge is 0.263 e. The number of hydrogen-bond acceptors (Lipinski definition) is 5. The van der Waals surface area contributed by atoms with Gasteiger partial charge in [0.1, 0.15) is 10.4 Å². The molecular weight excluding hydrogens is 274 g/mol. The third-order valence-electron chi connectivity index (χ3n) is 2.79. The molecule has 0 saturated heterocycles. The quantitative estimate of drug-likeness (QED) is 0.769. The van der Waals surface area contributed by atoms with Crippen molar-refractivity contribution in [2.24, 2.45) is 0 Å². The molecule has 2 aromatic heterocycles. The summed E-state index contributed by atoms with van der Waals surface area (Å²) in [4.78, 5) is 16.8. The standard InChI is InChI=1S/C14H19N3O2S/c1-2-8-19-9-4-7-17-14(18)13-11(15)12-10(20-13)5-3-6-16-12/h3,5-6H,2,4,7-9,15H2,1H3,(H,17,18). The first kappa shape index (κ1) is 14.7. The Balaban J connectivity index is 1.89. The fourth-order valence-corrected chi connectivity index (χ4v) is 2.82. The van der Waals surface area contributed by atoms with E-state index in [1.165, 1.54) is 11.3 Å². The summed E-state index contributed by atoms with van der Waals surface area (Å²) in [6, 6.07) is 3.75. The van der Waals surface area contributed by atoms with Gasteiger partial charge < -0.3 is 15.8 Å². The molecular formula is C14H19N3O2S. The summed E-state index contributed by atoms with van der Waals surface area (Å²) in [5.41, 5.74) is 7.14. The van der Waals surface area contributed by atoms with Crippen LogP contribution in [0.3, 0.4) is 0 Å². The molecule has 0 bridgehead atoms. The van der Waals surface area contributed by atoms with Gasteiger partial charge in [0.05, 0.1) is 10.4 Å². The zero-order chi connectivity index (χ0) is 14.4. The Morgan fingerprint density at radius 2 is 2.35 bits per heavy atom. The summed E-state index contributed by atoms with van der Waals surface area (Å²) in [5.74, 6) is -0.138. The summed E-state index contributed by atoms with van der Waals surface area (Å²) in [6.45, 7) is 4.09. The number of nitrogens with two attached hydrogens (primary N) is 1. The molecule has 20 heavy (non-hydrogen) atoms. The molecule has 0 unspecified atom stereocenters. The maximum atomic E-state index is 12.1. The number of carbonyl (C=O) groups excluding carboxylic acids is 1. The van der Waals surface area contributed by atoms with E-state index in [-0.39, 0.29) is 5.91 Å². The van der Waals surface area contributed by atoms with Gasteiger partial charge in [-0.3, -0.25) is 9.78 Å². The summed E-state index contributed by atoms with van der Waals surface area (Å²) in [6.07, 6.45) is 3.49. The second kappa shape index (κ2) is 7.21. The molecule has 2 aromatic rings. The van der Waals surface area contributed by atoms with Crippen molar-refractivity contribution >= 4 is 33.1 Å². The molecule has 0 fully saturated rings. The fourth-order valence-electron chi connectivity index (χ4n) is 1.82. The average Bonchev–Trinajstić information content (AvgIpc) is 2.80. The lowest BCUT2D eigenvalue weighted by Crippen LogP contribution is -2.25. The molecule has 2 heterocycles. The van der Waals surface area contributed by atoms with Crippen LogP contribution in [0.1, 0.15) is 29.4 Å². The molecule has 0 aliphatic rings. The number of nitrogens with zero attached hydrogens (tertiary/aromatic N) is 1. The summed E-state index contributed by atoms with van der Waals surface area (Å²) < 4.78 is 6.29. The first-order valence-electron chi connectivity index (χ1n) is 6.73. The number of thiophene rings is 1.